The number of carbonyl (C=O) groups is 2. The molecule has 0 aliphatic rings. The number of amides is 1. The average Bonchev–Trinajstić information content (AvgIpc) is 2.82. The maximum absolute atomic E-state index is 11.9. The van der Waals surface area contributed by atoms with E-state index in [1.165, 1.54) is 6.20 Å². The van der Waals surface area contributed by atoms with Crippen LogP contribution in [-0.2, 0) is 11.3 Å². The van der Waals surface area contributed by atoms with E-state index in [0.717, 1.165) is 11.4 Å². The molecule has 0 radical (unpaired) electrons. The molecule has 2 heterocycles. The van der Waals surface area contributed by atoms with Gasteiger partial charge in [-0.05, 0) is 26.8 Å². The molecule has 0 aliphatic heterocycles. The molecule has 2 aromatic rings. The molecule has 0 spiro atoms. The van der Waals surface area contributed by atoms with Gasteiger partial charge < -0.3 is 15.4 Å². The molecule has 20 heavy (non-hydrogen) atoms. The number of aryl methyl sites for hydroxylation is 3. The monoisotopic (exact) mass is 276 g/mol. The number of hydrogen-bond donors (Lipinski definition) is 3. The number of rotatable bonds is 4. The Morgan fingerprint density at radius 1 is 1.40 bits per heavy atom. The van der Waals surface area contributed by atoms with Crippen molar-refractivity contribution in [2.24, 2.45) is 0 Å². The number of anilines is 1. The van der Waals surface area contributed by atoms with Gasteiger partial charge in [0.25, 0.3) is 0 Å². The molecule has 1 amide bonds. The summed E-state index contributed by atoms with van der Waals surface area (Å²) < 4.78 is 1.57. The van der Waals surface area contributed by atoms with Crippen LogP contribution in [0.5, 0.6) is 0 Å². The molecule has 0 saturated heterocycles. The average molecular weight is 276 g/mol. The van der Waals surface area contributed by atoms with Crippen LogP contribution in [0.4, 0.5) is 5.69 Å². The highest BCUT2D eigenvalue weighted by Crippen LogP contribution is 2.19. The van der Waals surface area contributed by atoms with Crippen molar-refractivity contribution in [3.05, 3.63) is 34.9 Å². The van der Waals surface area contributed by atoms with E-state index < -0.39 is 5.97 Å². The Balaban J connectivity index is 2.13. The molecule has 0 atom stereocenters. The lowest BCUT2D eigenvalue weighted by atomic mass is 10.2. The first-order chi connectivity index (χ1) is 9.38. The highest BCUT2D eigenvalue weighted by molar-refractivity contribution is 6.01. The van der Waals surface area contributed by atoms with Crippen molar-refractivity contribution in [1.82, 2.24) is 14.8 Å². The van der Waals surface area contributed by atoms with E-state index >= 15 is 0 Å². The lowest BCUT2D eigenvalue weighted by Gasteiger charge is -2.06. The van der Waals surface area contributed by atoms with Crippen LogP contribution >= 0.6 is 0 Å². The first kappa shape index (κ1) is 13.9. The van der Waals surface area contributed by atoms with Gasteiger partial charge in [0.2, 0.25) is 5.91 Å². The lowest BCUT2D eigenvalue weighted by Crippen LogP contribution is -2.21. The van der Waals surface area contributed by atoms with Crippen LogP contribution in [0.1, 0.15) is 27.4 Å². The quantitative estimate of drug-likeness (QED) is 0.787. The zero-order valence-electron chi connectivity index (χ0n) is 11.5. The number of hydrogen-bond acceptors (Lipinski definition) is 3. The Morgan fingerprint density at radius 2 is 2.10 bits per heavy atom. The first-order valence-electron chi connectivity index (χ1n) is 6.10. The Bertz CT molecular complexity index is 669. The summed E-state index contributed by atoms with van der Waals surface area (Å²) in [5.74, 6) is -1.40. The predicted octanol–water partition coefficient (Wildman–Crippen LogP) is 1.47. The molecule has 0 fully saturated rings. The van der Waals surface area contributed by atoms with Crippen molar-refractivity contribution >= 4 is 17.6 Å². The minimum atomic E-state index is -1.08. The number of carboxylic acids is 1. The predicted molar refractivity (Wildman–Crippen MR) is 72.8 cm³/mol. The minimum Gasteiger partial charge on any atom is -0.478 e. The second-order valence-corrected chi connectivity index (χ2v) is 4.64. The Labute approximate surface area is 115 Å². The van der Waals surface area contributed by atoms with E-state index in [0.29, 0.717) is 5.69 Å². The molecule has 0 unspecified atom stereocenters. The molecule has 3 N–H and O–H groups in total. The van der Waals surface area contributed by atoms with E-state index in [1.54, 1.807) is 11.6 Å². The van der Waals surface area contributed by atoms with Gasteiger partial charge in [-0.1, -0.05) is 0 Å². The van der Waals surface area contributed by atoms with Gasteiger partial charge >= 0.3 is 5.97 Å². The van der Waals surface area contributed by atoms with Gasteiger partial charge in [0.1, 0.15) is 12.1 Å². The summed E-state index contributed by atoms with van der Waals surface area (Å²) in [5, 5.41) is 15.9. The van der Waals surface area contributed by atoms with Crippen molar-refractivity contribution in [3.63, 3.8) is 0 Å². The van der Waals surface area contributed by atoms with Gasteiger partial charge in [0.15, 0.2) is 0 Å². The van der Waals surface area contributed by atoms with Crippen LogP contribution in [0.2, 0.25) is 0 Å². The summed E-state index contributed by atoms with van der Waals surface area (Å²) in [4.78, 5) is 25.8. The third kappa shape index (κ3) is 2.71. The molecule has 7 heteroatoms. The summed E-state index contributed by atoms with van der Waals surface area (Å²) in [6.45, 7) is 5.39. The van der Waals surface area contributed by atoms with Gasteiger partial charge in [-0.25, -0.2) is 4.79 Å². The molecular weight excluding hydrogens is 260 g/mol. The zero-order valence-corrected chi connectivity index (χ0v) is 11.5. The zero-order chi connectivity index (χ0) is 14.9. The molecule has 0 aliphatic carbocycles. The SMILES string of the molecule is Cc1cc(C)n(CC(=O)Nc2c[nH]c(C)c2C(=O)O)n1. The van der Waals surface area contributed by atoms with Crippen molar-refractivity contribution in [2.75, 3.05) is 5.32 Å². The molecule has 2 rings (SSSR count). The number of aromatic nitrogens is 3. The van der Waals surface area contributed by atoms with E-state index in [2.05, 4.69) is 15.4 Å². The number of nitrogens with zero attached hydrogens (tertiary/aromatic N) is 2. The molecule has 7 nitrogen and oxygen atoms in total. The van der Waals surface area contributed by atoms with Crippen molar-refractivity contribution in [3.8, 4) is 0 Å². The summed E-state index contributed by atoms with van der Waals surface area (Å²) in [7, 11) is 0. The van der Waals surface area contributed by atoms with Gasteiger partial charge in [0, 0.05) is 17.6 Å². The number of nitrogens with one attached hydrogen (secondary N) is 2. The molecule has 2 aromatic heterocycles. The Kier molecular flexibility index (Phi) is 3.60. The van der Waals surface area contributed by atoms with E-state index in [-0.39, 0.29) is 23.7 Å². The largest absolute Gasteiger partial charge is 0.478 e. The number of aromatic amines is 1. The van der Waals surface area contributed by atoms with Crippen LogP contribution in [0.3, 0.4) is 0 Å². The standard InChI is InChI=1S/C13H16N4O3/c1-7-4-8(2)17(16-7)6-11(18)15-10-5-14-9(3)12(10)13(19)20/h4-5,14H,6H2,1-3H3,(H,15,18)(H,19,20). The smallest absolute Gasteiger partial charge is 0.339 e. The van der Waals surface area contributed by atoms with Crippen molar-refractivity contribution in [2.45, 2.75) is 27.3 Å². The van der Waals surface area contributed by atoms with Gasteiger partial charge in [-0.3, -0.25) is 9.48 Å². The summed E-state index contributed by atoms with van der Waals surface area (Å²) >= 11 is 0. The molecule has 0 saturated carbocycles. The summed E-state index contributed by atoms with van der Waals surface area (Å²) in [6, 6.07) is 1.87. The second kappa shape index (κ2) is 5.20. The van der Waals surface area contributed by atoms with Gasteiger partial charge in [-0.2, -0.15) is 5.10 Å². The van der Waals surface area contributed by atoms with Crippen molar-refractivity contribution in [1.29, 1.82) is 0 Å². The second-order valence-electron chi connectivity index (χ2n) is 4.64. The van der Waals surface area contributed by atoms with E-state index in [9.17, 15) is 9.59 Å². The third-order valence-electron chi connectivity index (χ3n) is 2.96. The van der Waals surface area contributed by atoms with Crippen LogP contribution in [0.15, 0.2) is 12.3 Å². The van der Waals surface area contributed by atoms with Gasteiger partial charge in [-0.15, -0.1) is 0 Å². The number of aromatic carboxylic acids is 1. The van der Waals surface area contributed by atoms with E-state index in [1.807, 2.05) is 19.9 Å². The van der Waals surface area contributed by atoms with Crippen LogP contribution in [0.25, 0.3) is 0 Å². The normalized spacial score (nSPS) is 10.6. The van der Waals surface area contributed by atoms with Crippen LogP contribution in [-0.4, -0.2) is 31.7 Å². The molecule has 0 bridgehead atoms. The number of carboxylic acid groups (broad SMARTS) is 1. The Hall–Kier alpha value is -2.57. The van der Waals surface area contributed by atoms with Gasteiger partial charge in [0.05, 0.1) is 11.4 Å². The first-order valence-corrected chi connectivity index (χ1v) is 6.10. The lowest BCUT2D eigenvalue weighted by molar-refractivity contribution is -0.116. The number of carbonyl (C=O) groups excluding carboxylic acids is 1. The molecule has 106 valence electrons. The van der Waals surface area contributed by atoms with E-state index in [4.69, 9.17) is 5.11 Å². The Morgan fingerprint density at radius 3 is 2.65 bits per heavy atom. The van der Waals surface area contributed by atoms with Crippen molar-refractivity contribution < 1.29 is 14.7 Å². The topological polar surface area (TPSA) is 100 Å². The maximum atomic E-state index is 11.9. The molecule has 0 aromatic carbocycles. The number of H-pyrrole nitrogens is 1. The maximum Gasteiger partial charge on any atom is 0.339 e. The third-order valence-corrected chi connectivity index (χ3v) is 2.96. The fourth-order valence-corrected chi connectivity index (χ4v) is 2.06. The molecular formula is C13H16N4O3. The summed E-state index contributed by atoms with van der Waals surface area (Å²) in [6.07, 6.45) is 1.47. The summed E-state index contributed by atoms with van der Waals surface area (Å²) in [5.41, 5.74) is 2.55. The van der Waals surface area contributed by atoms with Crippen LogP contribution < -0.4 is 5.32 Å². The highest BCUT2D eigenvalue weighted by atomic mass is 16.4. The highest BCUT2D eigenvalue weighted by Gasteiger charge is 2.17. The van der Waals surface area contributed by atoms with Crippen LogP contribution in [0, 0.1) is 20.8 Å². The fraction of sp³-hybridized carbons (Fsp3) is 0.308. The minimum absolute atomic E-state index is 0.0446. The fourth-order valence-electron chi connectivity index (χ4n) is 2.06.